The standard InChI is InChI=1S/C27H28NO3S/c1-2-3-4-11-20-28(21-31-27(30)23-12-7-5-8-13-23)26(29)22-16-18-25(19-17-22)32-24-14-9-6-10-15-24/h5-10,12-19,21H,2-4,11,20H2,1H3/q+1. The Morgan fingerprint density at radius 2 is 1.41 bits per heavy atom. The predicted molar refractivity (Wildman–Crippen MR) is 129 cm³/mol. The van der Waals surface area contributed by atoms with E-state index in [1.54, 1.807) is 36.0 Å². The number of ether oxygens (including phenoxy) is 1. The molecule has 0 heterocycles. The summed E-state index contributed by atoms with van der Waals surface area (Å²) in [6.07, 6.45) is 5.35. The average Bonchev–Trinajstić information content (AvgIpc) is 2.84. The fourth-order valence-corrected chi connectivity index (χ4v) is 3.96. The van der Waals surface area contributed by atoms with E-state index in [-0.39, 0.29) is 5.91 Å². The van der Waals surface area contributed by atoms with Gasteiger partial charge in [-0.2, -0.15) is 0 Å². The molecule has 0 saturated carbocycles. The maximum atomic E-state index is 13.1. The smallest absolute Gasteiger partial charge is 0.373 e. The van der Waals surface area contributed by atoms with Crippen molar-refractivity contribution in [1.82, 2.24) is 0 Å². The van der Waals surface area contributed by atoms with Crippen LogP contribution in [0.4, 0.5) is 0 Å². The third-order valence-electron chi connectivity index (χ3n) is 4.89. The highest BCUT2D eigenvalue weighted by atomic mass is 32.2. The van der Waals surface area contributed by atoms with E-state index in [0.717, 1.165) is 35.5 Å². The van der Waals surface area contributed by atoms with Gasteiger partial charge in [-0.1, -0.05) is 67.9 Å². The van der Waals surface area contributed by atoms with E-state index in [0.29, 0.717) is 17.7 Å². The summed E-state index contributed by atoms with van der Waals surface area (Å²) in [7, 11) is 0. The molecule has 0 radical (unpaired) electrons. The summed E-state index contributed by atoms with van der Waals surface area (Å²) in [5.41, 5.74) is 1.01. The van der Waals surface area contributed by atoms with Crippen LogP contribution in [-0.2, 0) is 4.74 Å². The average molecular weight is 447 g/mol. The Kier molecular flexibility index (Phi) is 9.26. The summed E-state index contributed by atoms with van der Waals surface area (Å²) in [5.74, 6) is -0.662. The van der Waals surface area contributed by atoms with E-state index >= 15 is 0 Å². The van der Waals surface area contributed by atoms with Crippen LogP contribution in [0.1, 0.15) is 53.3 Å². The third kappa shape index (κ3) is 7.20. The fourth-order valence-electron chi connectivity index (χ4n) is 3.12. The molecule has 0 aliphatic rings. The predicted octanol–water partition coefficient (Wildman–Crippen LogP) is 6.46. The zero-order valence-electron chi connectivity index (χ0n) is 18.3. The van der Waals surface area contributed by atoms with Gasteiger partial charge >= 0.3 is 18.3 Å². The molecule has 5 heteroatoms. The highest BCUT2D eigenvalue weighted by Gasteiger charge is 2.21. The zero-order valence-corrected chi connectivity index (χ0v) is 19.1. The summed E-state index contributed by atoms with van der Waals surface area (Å²) < 4.78 is 6.83. The van der Waals surface area contributed by atoms with Crippen LogP contribution in [0.15, 0.2) is 94.7 Å². The van der Waals surface area contributed by atoms with Crippen molar-refractivity contribution < 1.29 is 18.9 Å². The maximum absolute atomic E-state index is 13.1. The van der Waals surface area contributed by atoms with Crippen molar-refractivity contribution in [1.29, 1.82) is 0 Å². The van der Waals surface area contributed by atoms with Gasteiger partial charge < -0.3 is 4.74 Å². The molecule has 0 fully saturated rings. The van der Waals surface area contributed by atoms with Gasteiger partial charge in [0.25, 0.3) is 0 Å². The molecular formula is C27H28NO3S+. The van der Waals surface area contributed by atoms with E-state index in [2.05, 4.69) is 19.1 Å². The van der Waals surface area contributed by atoms with Crippen molar-refractivity contribution in [2.45, 2.75) is 42.4 Å². The number of unbranched alkanes of at least 4 members (excludes halogenated alkanes) is 3. The zero-order chi connectivity index (χ0) is 22.6. The van der Waals surface area contributed by atoms with Gasteiger partial charge in [-0.3, -0.25) is 0 Å². The molecule has 0 aliphatic heterocycles. The number of nitrogens with zero attached hydrogens (tertiary/aromatic N) is 1. The lowest BCUT2D eigenvalue weighted by Gasteiger charge is -2.05. The summed E-state index contributed by atoms with van der Waals surface area (Å²) in [6.45, 7) is 2.65. The monoisotopic (exact) mass is 446 g/mol. The van der Waals surface area contributed by atoms with Gasteiger partial charge in [0, 0.05) is 16.2 Å². The Bertz CT molecular complexity index is 1030. The second-order valence-electron chi connectivity index (χ2n) is 7.38. The summed E-state index contributed by atoms with van der Waals surface area (Å²) >= 11 is 1.65. The van der Waals surface area contributed by atoms with Crippen LogP contribution in [0.25, 0.3) is 0 Å². The topological polar surface area (TPSA) is 46.4 Å². The first-order chi connectivity index (χ1) is 15.7. The Morgan fingerprint density at radius 3 is 2.06 bits per heavy atom. The Labute approximate surface area is 193 Å². The number of rotatable bonds is 10. The molecular weight excluding hydrogens is 418 g/mol. The van der Waals surface area contributed by atoms with Gasteiger partial charge in [0.15, 0.2) is 6.54 Å². The van der Waals surface area contributed by atoms with E-state index in [9.17, 15) is 9.59 Å². The molecule has 0 atom stereocenters. The molecule has 0 spiro atoms. The van der Waals surface area contributed by atoms with Crippen molar-refractivity contribution in [3.8, 4) is 0 Å². The van der Waals surface area contributed by atoms with Crippen molar-refractivity contribution in [2.24, 2.45) is 0 Å². The number of hydrogen-bond acceptors (Lipinski definition) is 4. The number of amides is 1. The van der Waals surface area contributed by atoms with Crippen molar-refractivity contribution in [3.63, 3.8) is 0 Å². The SMILES string of the molecule is CCCCCC[N+](=COC(=O)c1ccccc1)C(=O)c1ccc(Sc2ccccc2)cc1. The lowest BCUT2D eigenvalue weighted by Crippen LogP contribution is -2.25. The van der Waals surface area contributed by atoms with E-state index in [1.165, 1.54) is 11.0 Å². The number of carbonyl (C=O) groups excluding carboxylic acids is 2. The molecule has 0 unspecified atom stereocenters. The second-order valence-corrected chi connectivity index (χ2v) is 8.52. The molecule has 0 bridgehead atoms. The van der Waals surface area contributed by atoms with Gasteiger partial charge in [-0.05, 0) is 55.0 Å². The quantitative estimate of drug-likeness (QED) is 0.118. The summed E-state index contributed by atoms with van der Waals surface area (Å²) in [6, 6.07) is 26.4. The summed E-state index contributed by atoms with van der Waals surface area (Å²) in [5, 5.41) is 0. The molecule has 0 aliphatic carbocycles. The molecule has 0 saturated heterocycles. The first-order valence-electron chi connectivity index (χ1n) is 10.9. The van der Waals surface area contributed by atoms with Crippen molar-refractivity contribution in [2.75, 3.05) is 6.54 Å². The van der Waals surface area contributed by atoms with Crippen LogP contribution in [0.2, 0.25) is 0 Å². The van der Waals surface area contributed by atoms with Gasteiger partial charge in [0.1, 0.15) is 0 Å². The van der Waals surface area contributed by atoms with Crippen LogP contribution in [-0.4, -0.2) is 29.4 Å². The summed E-state index contributed by atoms with van der Waals surface area (Å²) in [4.78, 5) is 27.6. The second kappa shape index (κ2) is 12.6. The number of benzene rings is 3. The van der Waals surface area contributed by atoms with Crippen LogP contribution >= 0.6 is 11.8 Å². The Hall–Kier alpha value is -3.18. The minimum absolute atomic E-state index is 0.182. The van der Waals surface area contributed by atoms with Gasteiger partial charge in [-0.15, -0.1) is 4.58 Å². The lowest BCUT2D eigenvalue weighted by atomic mass is 10.2. The first-order valence-corrected chi connectivity index (χ1v) is 11.7. The fraction of sp³-hybridized carbons (Fsp3) is 0.222. The Balaban J connectivity index is 1.71. The van der Waals surface area contributed by atoms with Crippen LogP contribution < -0.4 is 0 Å². The van der Waals surface area contributed by atoms with Gasteiger partial charge in [-0.25, -0.2) is 9.59 Å². The van der Waals surface area contributed by atoms with E-state index < -0.39 is 5.97 Å². The number of hydrogen-bond donors (Lipinski definition) is 0. The van der Waals surface area contributed by atoms with Crippen molar-refractivity contribution >= 4 is 30.0 Å². The van der Waals surface area contributed by atoms with Gasteiger partial charge in [0.2, 0.25) is 0 Å². The molecule has 3 aromatic carbocycles. The largest absolute Gasteiger partial charge is 0.421 e. The molecule has 0 aromatic heterocycles. The minimum atomic E-state index is -0.480. The van der Waals surface area contributed by atoms with Crippen LogP contribution in [0, 0.1) is 0 Å². The number of carbonyl (C=O) groups is 2. The van der Waals surface area contributed by atoms with E-state index in [4.69, 9.17) is 4.74 Å². The first kappa shape index (κ1) is 23.5. The van der Waals surface area contributed by atoms with Crippen molar-refractivity contribution in [3.05, 3.63) is 96.1 Å². The molecule has 1 amide bonds. The lowest BCUT2D eigenvalue weighted by molar-refractivity contribution is -0.432. The van der Waals surface area contributed by atoms with Crippen LogP contribution in [0.3, 0.4) is 0 Å². The van der Waals surface area contributed by atoms with Gasteiger partial charge in [0.05, 0.1) is 11.1 Å². The molecule has 32 heavy (non-hydrogen) atoms. The molecule has 3 rings (SSSR count). The molecule has 0 N–H and O–H groups in total. The number of esters is 1. The molecule has 3 aromatic rings. The maximum Gasteiger partial charge on any atom is 0.421 e. The van der Waals surface area contributed by atoms with E-state index in [1.807, 2.05) is 48.5 Å². The Morgan fingerprint density at radius 1 is 0.781 bits per heavy atom. The minimum Gasteiger partial charge on any atom is -0.373 e. The highest BCUT2D eigenvalue weighted by Crippen LogP contribution is 2.27. The molecule has 4 nitrogen and oxygen atoms in total. The highest BCUT2D eigenvalue weighted by molar-refractivity contribution is 7.99. The van der Waals surface area contributed by atoms with Crippen LogP contribution in [0.5, 0.6) is 0 Å². The molecule has 164 valence electrons. The normalized spacial score (nSPS) is 11.2. The third-order valence-corrected chi connectivity index (χ3v) is 5.91.